The first kappa shape index (κ1) is 13.4. The number of halogens is 1. The molecule has 0 radical (unpaired) electrons. The predicted molar refractivity (Wildman–Crippen MR) is 77.4 cm³/mol. The zero-order chi connectivity index (χ0) is 15.0. The van der Waals surface area contributed by atoms with Gasteiger partial charge in [-0.15, -0.1) is 5.10 Å². The largest absolute Gasteiger partial charge is 0.497 e. The van der Waals surface area contributed by atoms with Gasteiger partial charge < -0.3 is 9.84 Å². The summed E-state index contributed by atoms with van der Waals surface area (Å²) in [5.41, 5.74) is 1.48. The van der Waals surface area contributed by atoms with Crippen LogP contribution in [0.15, 0.2) is 36.4 Å². The highest BCUT2D eigenvalue weighted by atomic mass is 35.5. The molecule has 0 fully saturated rings. The number of carbonyl (C=O) groups is 1. The first-order valence-electron chi connectivity index (χ1n) is 6.03. The standard InChI is InChI=1S/C14H10ClN3O3/c1-21-8-5-6-10(15)12(7-8)18-13-9(14(19)20)3-2-4-11(13)16-17-18/h2-7H,1H3,(H,19,20). The molecule has 0 amide bonds. The summed E-state index contributed by atoms with van der Waals surface area (Å²) in [6.07, 6.45) is 0. The molecule has 0 saturated carbocycles. The summed E-state index contributed by atoms with van der Waals surface area (Å²) >= 11 is 6.19. The molecular weight excluding hydrogens is 294 g/mol. The number of benzene rings is 2. The van der Waals surface area contributed by atoms with Crippen LogP contribution in [0.4, 0.5) is 0 Å². The second-order valence-corrected chi connectivity index (χ2v) is 4.70. The van der Waals surface area contributed by atoms with Crippen LogP contribution in [0.5, 0.6) is 5.75 Å². The Morgan fingerprint density at radius 1 is 1.33 bits per heavy atom. The van der Waals surface area contributed by atoms with Gasteiger partial charge >= 0.3 is 5.97 Å². The Labute approximate surface area is 124 Å². The summed E-state index contributed by atoms with van der Waals surface area (Å²) in [6, 6.07) is 9.86. The summed E-state index contributed by atoms with van der Waals surface area (Å²) in [5.74, 6) is -0.464. The highest BCUT2D eigenvalue weighted by Gasteiger charge is 2.17. The molecule has 0 aliphatic heterocycles. The maximum absolute atomic E-state index is 11.4. The monoisotopic (exact) mass is 303 g/mol. The van der Waals surface area contributed by atoms with E-state index in [1.165, 1.54) is 17.9 Å². The fraction of sp³-hybridized carbons (Fsp3) is 0.0714. The Kier molecular flexibility index (Phi) is 3.23. The number of hydrogen-bond donors (Lipinski definition) is 1. The van der Waals surface area contributed by atoms with Gasteiger partial charge in [0.2, 0.25) is 0 Å². The Morgan fingerprint density at radius 2 is 2.14 bits per heavy atom. The van der Waals surface area contributed by atoms with Crippen molar-refractivity contribution in [3.8, 4) is 11.4 Å². The van der Waals surface area contributed by atoms with Gasteiger partial charge in [0, 0.05) is 6.07 Å². The van der Waals surface area contributed by atoms with Gasteiger partial charge in [0.05, 0.1) is 23.4 Å². The van der Waals surface area contributed by atoms with Crippen LogP contribution in [0.2, 0.25) is 5.02 Å². The number of methoxy groups -OCH3 is 1. The summed E-state index contributed by atoms with van der Waals surface area (Å²) in [7, 11) is 1.54. The predicted octanol–water partition coefficient (Wildman–Crippen LogP) is 2.78. The van der Waals surface area contributed by atoms with Crippen molar-refractivity contribution in [1.29, 1.82) is 0 Å². The lowest BCUT2D eigenvalue weighted by atomic mass is 10.2. The van der Waals surface area contributed by atoms with E-state index < -0.39 is 5.97 Å². The van der Waals surface area contributed by atoms with Crippen LogP contribution < -0.4 is 4.74 Å². The number of ether oxygens (including phenoxy) is 1. The highest BCUT2D eigenvalue weighted by Crippen LogP contribution is 2.28. The molecule has 0 bridgehead atoms. The number of carboxylic acids is 1. The fourth-order valence-electron chi connectivity index (χ4n) is 2.10. The molecule has 106 valence electrons. The van der Waals surface area contributed by atoms with E-state index >= 15 is 0 Å². The number of para-hydroxylation sites is 1. The Hall–Kier alpha value is -2.60. The van der Waals surface area contributed by atoms with E-state index in [1.807, 2.05) is 0 Å². The van der Waals surface area contributed by atoms with Crippen molar-refractivity contribution in [2.24, 2.45) is 0 Å². The number of aromatic nitrogens is 3. The average molecular weight is 304 g/mol. The van der Waals surface area contributed by atoms with Crippen LogP contribution in [0.25, 0.3) is 16.7 Å². The summed E-state index contributed by atoms with van der Waals surface area (Å²) in [5, 5.41) is 17.7. The molecular formula is C14H10ClN3O3. The molecule has 3 rings (SSSR count). The van der Waals surface area contributed by atoms with Crippen LogP contribution in [-0.4, -0.2) is 33.2 Å². The molecule has 0 unspecified atom stereocenters. The van der Waals surface area contributed by atoms with Crippen molar-refractivity contribution >= 4 is 28.6 Å². The first-order valence-corrected chi connectivity index (χ1v) is 6.41. The number of hydrogen-bond acceptors (Lipinski definition) is 4. The lowest BCUT2D eigenvalue weighted by Gasteiger charge is -2.08. The summed E-state index contributed by atoms with van der Waals surface area (Å²) in [4.78, 5) is 11.4. The highest BCUT2D eigenvalue weighted by molar-refractivity contribution is 6.32. The third kappa shape index (κ3) is 2.19. The third-order valence-electron chi connectivity index (χ3n) is 3.08. The van der Waals surface area contributed by atoms with Gasteiger partial charge in [0.15, 0.2) is 0 Å². The maximum Gasteiger partial charge on any atom is 0.337 e. The fourth-order valence-corrected chi connectivity index (χ4v) is 2.29. The molecule has 2 aromatic carbocycles. The van der Waals surface area contributed by atoms with Crippen molar-refractivity contribution in [2.75, 3.05) is 7.11 Å². The normalized spacial score (nSPS) is 10.8. The minimum atomic E-state index is -1.05. The molecule has 1 N–H and O–H groups in total. The van der Waals surface area contributed by atoms with Crippen LogP contribution in [0.3, 0.4) is 0 Å². The zero-order valence-corrected chi connectivity index (χ0v) is 11.7. The van der Waals surface area contributed by atoms with Gasteiger partial charge in [0.25, 0.3) is 0 Å². The molecule has 1 heterocycles. The number of aromatic carboxylic acids is 1. The molecule has 0 aliphatic carbocycles. The van der Waals surface area contributed by atoms with Gasteiger partial charge in [0.1, 0.15) is 16.8 Å². The second kappa shape index (κ2) is 5.06. The first-order chi connectivity index (χ1) is 10.1. The molecule has 6 nitrogen and oxygen atoms in total. The Morgan fingerprint density at radius 3 is 2.86 bits per heavy atom. The van der Waals surface area contributed by atoms with Gasteiger partial charge in [-0.1, -0.05) is 22.9 Å². The van der Waals surface area contributed by atoms with E-state index in [-0.39, 0.29) is 5.56 Å². The minimum Gasteiger partial charge on any atom is -0.497 e. The van der Waals surface area contributed by atoms with Gasteiger partial charge in [-0.25, -0.2) is 9.48 Å². The number of carboxylic acid groups (broad SMARTS) is 1. The zero-order valence-electron chi connectivity index (χ0n) is 10.9. The minimum absolute atomic E-state index is 0.108. The number of nitrogens with zero attached hydrogens (tertiary/aromatic N) is 3. The van der Waals surface area contributed by atoms with Gasteiger partial charge in [-0.2, -0.15) is 0 Å². The van der Waals surface area contributed by atoms with Gasteiger partial charge in [-0.3, -0.25) is 0 Å². The Bertz CT molecular complexity index is 845. The average Bonchev–Trinajstić information content (AvgIpc) is 2.91. The summed E-state index contributed by atoms with van der Waals surface area (Å²) in [6.45, 7) is 0. The van der Waals surface area contributed by atoms with Crippen LogP contribution in [0.1, 0.15) is 10.4 Å². The van der Waals surface area contributed by atoms with Crippen molar-refractivity contribution in [1.82, 2.24) is 15.0 Å². The molecule has 1 aromatic heterocycles. The van der Waals surface area contributed by atoms with E-state index in [0.29, 0.717) is 27.5 Å². The van der Waals surface area contributed by atoms with E-state index in [1.54, 1.807) is 30.3 Å². The smallest absolute Gasteiger partial charge is 0.337 e. The maximum atomic E-state index is 11.4. The Balaban J connectivity index is 2.33. The van der Waals surface area contributed by atoms with Crippen molar-refractivity contribution in [3.63, 3.8) is 0 Å². The molecule has 3 aromatic rings. The lowest BCUT2D eigenvalue weighted by molar-refractivity contribution is 0.0698. The molecule has 0 spiro atoms. The lowest BCUT2D eigenvalue weighted by Crippen LogP contribution is -2.04. The van der Waals surface area contributed by atoms with E-state index in [9.17, 15) is 9.90 Å². The van der Waals surface area contributed by atoms with Crippen molar-refractivity contribution in [2.45, 2.75) is 0 Å². The van der Waals surface area contributed by atoms with Crippen LogP contribution >= 0.6 is 11.6 Å². The number of rotatable bonds is 3. The summed E-state index contributed by atoms with van der Waals surface area (Å²) < 4.78 is 6.57. The van der Waals surface area contributed by atoms with E-state index in [4.69, 9.17) is 16.3 Å². The molecule has 21 heavy (non-hydrogen) atoms. The third-order valence-corrected chi connectivity index (χ3v) is 3.40. The molecule has 0 atom stereocenters. The van der Waals surface area contributed by atoms with Crippen LogP contribution in [-0.2, 0) is 0 Å². The van der Waals surface area contributed by atoms with Crippen LogP contribution in [0, 0.1) is 0 Å². The topological polar surface area (TPSA) is 77.2 Å². The van der Waals surface area contributed by atoms with E-state index in [2.05, 4.69) is 10.3 Å². The molecule has 0 saturated heterocycles. The SMILES string of the molecule is COc1ccc(Cl)c(-n2nnc3cccc(C(=O)O)c32)c1. The van der Waals surface area contributed by atoms with E-state index in [0.717, 1.165) is 0 Å². The molecule has 7 heteroatoms. The van der Waals surface area contributed by atoms with Crippen molar-refractivity contribution < 1.29 is 14.6 Å². The second-order valence-electron chi connectivity index (χ2n) is 4.30. The van der Waals surface area contributed by atoms with Crippen molar-refractivity contribution in [3.05, 3.63) is 47.0 Å². The quantitative estimate of drug-likeness (QED) is 0.805. The number of fused-ring (bicyclic) bond motifs is 1. The molecule has 0 aliphatic rings. The van der Waals surface area contributed by atoms with Gasteiger partial charge in [-0.05, 0) is 24.3 Å².